The minimum absolute atomic E-state index is 0.298. The summed E-state index contributed by atoms with van der Waals surface area (Å²) in [6.45, 7) is 3.45. The fraction of sp³-hybridized carbons (Fsp3) is 0.250. The second-order valence-electron chi connectivity index (χ2n) is 4.61. The summed E-state index contributed by atoms with van der Waals surface area (Å²) in [5.74, 6) is 0.713. The smallest absolute Gasteiger partial charge is 0.147 e. The van der Waals surface area contributed by atoms with Gasteiger partial charge in [0.2, 0.25) is 0 Å². The van der Waals surface area contributed by atoms with Gasteiger partial charge in [0, 0.05) is 23.2 Å². The number of benzene rings is 2. The SMILES string of the molecule is CCCNCc1cc(F)ccc1Oc1cc(Cl)ccc1Cl. The standard InChI is InChI=1S/C16H16Cl2FNO/c1-2-7-20-10-11-8-13(19)4-6-15(11)21-16-9-12(17)3-5-14(16)18/h3-6,8-9,20H,2,7,10H2,1H3. The van der Waals surface area contributed by atoms with Crippen molar-refractivity contribution in [3.8, 4) is 11.5 Å². The molecule has 0 atom stereocenters. The van der Waals surface area contributed by atoms with Gasteiger partial charge in [-0.25, -0.2) is 4.39 Å². The highest BCUT2D eigenvalue weighted by molar-refractivity contribution is 6.34. The van der Waals surface area contributed by atoms with Gasteiger partial charge in [0.25, 0.3) is 0 Å². The molecule has 0 saturated heterocycles. The van der Waals surface area contributed by atoms with E-state index in [0.29, 0.717) is 28.1 Å². The van der Waals surface area contributed by atoms with E-state index in [1.807, 2.05) is 0 Å². The average Bonchev–Trinajstić information content (AvgIpc) is 2.46. The molecule has 2 rings (SSSR count). The molecule has 0 aromatic heterocycles. The van der Waals surface area contributed by atoms with E-state index in [1.165, 1.54) is 12.1 Å². The van der Waals surface area contributed by atoms with Gasteiger partial charge in [-0.3, -0.25) is 0 Å². The molecule has 0 amide bonds. The van der Waals surface area contributed by atoms with Gasteiger partial charge in [-0.2, -0.15) is 0 Å². The maximum atomic E-state index is 13.4. The molecule has 0 unspecified atom stereocenters. The van der Waals surface area contributed by atoms with Crippen LogP contribution in [0.2, 0.25) is 10.0 Å². The molecule has 0 aliphatic rings. The number of hydrogen-bond acceptors (Lipinski definition) is 2. The van der Waals surface area contributed by atoms with E-state index in [2.05, 4.69) is 12.2 Å². The zero-order valence-corrected chi connectivity index (χ0v) is 13.1. The first-order valence-corrected chi connectivity index (χ1v) is 7.47. The van der Waals surface area contributed by atoms with Crippen molar-refractivity contribution in [3.05, 3.63) is 57.8 Å². The van der Waals surface area contributed by atoms with E-state index >= 15 is 0 Å². The predicted molar refractivity (Wildman–Crippen MR) is 84.9 cm³/mol. The summed E-state index contributed by atoms with van der Waals surface area (Å²) in [6.07, 6.45) is 1.01. The maximum Gasteiger partial charge on any atom is 0.147 e. The first-order chi connectivity index (χ1) is 10.1. The lowest BCUT2D eigenvalue weighted by Crippen LogP contribution is -2.14. The normalized spacial score (nSPS) is 10.7. The van der Waals surface area contributed by atoms with Crippen LogP contribution in [-0.4, -0.2) is 6.54 Å². The van der Waals surface area contributed by atoms with E-state index in [1.54, 1.807) is 24.3 Å². The van der Waals surface area contributed by atoms with Gasteiger partial charge in [0.05, 0.1) is 5.02 Å². The maximum absolute atomic E-state index is 13.4. The molecule has 2 aromatic carbocycles. The fourth-order valence-electron chi connectivity index (χ4n) is 1.86. The van der Waals surface area contributed by atoms with Crippen molar-refractivity contribution in [2.24, 2.45) is 0 Å². The van der Waals surface area contributed by atoms with Gasteiger partial charge >= 0.3 is 0 Å². The second-order valence-corrected chi connectivity index (χ2v) is 5.45. The van der Waals surface area contributed by atoms with E-state index in [0.717, 1.165) is 18.5 Å². The Bertz CT molecular complexity index is 619. The molecular formula is C16H16Cl2FNO. The first kappa shape index (κ1) is 16.1. The highest BCUT2D eigenvalue weighted by atomic mass is 35.5. The van der Waals surface area contributed by atoms with Crippen LogP contribution < -0.4 is 10.1 Å². The number of rotatable bonds is 6. The van der Waals surface area contributed by atoms with Gasteiger partial charge in [-0.15, -0.1) is 0 Å². The third-order valence-electron chi connectivity index (χ3n) is 2.88. The summed E-state index contributed by atoms with van der Waals surface area (Å²) in [4.78, 5) is 0. The number of halogens is 3. The third kappa shape index (κ3) is 4.60. The van der Waals surface area contributed by atoms with E-state index < -0.39 is 0 Å². The van der Waals surface area contributed by atoms with Gasteiger partial charge in [-0.1, -0.05) is 30.1 Å². The van der Waals surface area contributed by atoms with Crippen LogP contribution in [0, 0.1) is 5.82 Å². The molecule has 0 aliphatic carbocycles. The van der Waals surface area contributed by atoms with Crippen LogP contribution in [0.4, 0.5) is 4.39 Å². The van der Waals surface area contributed by atoms with Crippen molar-refractivity contribution >= 4 is 23.2 Å². The largest absolute Gasteiger partial charge is 0.455 e. The van der Waals surface area contributed by atoms with Gasteiger partial charge < -0.3 is 10.1 Å². The summed E-state index contributed by atoms with van der Waals surface area (Å²) in [7, 11) is 0. The molecular weight excluding hydrogens is 312 g/mol. The summed E-state index contributed by atoms with van der Waals surface area (Å²) in [6, 6.07) is 9.39. The molecule has 2 nitrogen and oxygen atoms in total. The summed E-state index contributed by atoms with van der Waals surface area (Å²) >= 11 is 12.0. The van der Waals surface area contributed by atoms with Gasteiger partial charge in [0.1, 0.15) is 17.3 Å². The molecule has 0 aliphatic heterocycles. The Morgan fingerprint density at radius 2 is 1.90 bits per heavy atom. The Morgan fingerprint density at radius 1 is 1.10 bits per heavy atom. The number of nitrogens with one attached hydrogen (secondary N) is 1. The Labute approximate surface area is 133 Å². The summed E-state index contributed by atoms with van der Waals surface area (Å²) in [5.41, 5.74) is 0.736. The monoisotopic (exact) mass is 327 g/mol. The Kier molecular flexibility index (Phi) is 5.85. The molecule has 21 heavy (non-hydrogen) atoms. The molecule has 0 heterocycles. The molecule has 0 saturated carbocycles. The van der Waals surface area contributed by atoms with Crippen LogP contribution in [0.15, 0.2) is 36.4 Å². The van der Waals surface area contributed by atoms with E-state index in [9.17, 15) is 4.39 Å². The molecule has 112 valence electrons. The van der Waals surface area contributed by atoms with Crippen molar-refractivity contribution < 1.29 is 9.13 Å². The van der Waals surface area contributed by atoms with E-state index in [4.69, 9.17) is 27.9 Å². The van der Waals surface area contributed by atoms with Crippen LogP contribution in [0.1, 0.15) is 18.9 Å². The van der Waals surface area contributed by atoms with Crippen molar-refractivity contribution in [3.63, 3.8) is 0 Å². The third-order valence-corrected chi connectivity index (χ3v) is 3.43. The summed E-state index contributed by atoms with van der Waals surface area (Å²) in [5, 5.41) is 4.21. The fourth-order valence-corrected chi connectivity index (χ4v) is 2.18. The Hall–Kier alpha value is -1.29. The second kappa shape index (κ2) is 7.64. The quantitative estimate of drug-likeness (QED) is 0.715. The van der Waals surface area contributed by atoms with Gasteiger partial charge in [-0.05, 0) is 43.3 Å². The molecule has 0 radical (unpaired) electrons. The van der Waals surface area contributed by atoms with E-state index in [-0.39, 0.29) is 5.82 Å². The van der Waals surface area contributed by atoms with Crippen LogP contribution in [0.5, 0.6) is 11.5 Å². The molecule has 0 bridgehead atoms. The van der Waals surface area contributed by atoms with Crippen molar-refractivity contribution in [2.75, 3.05) is 6.54 Å². The summed E-state index contributed by atoms with van der Waals surface area (Å²) < 4.78 is 19.2. The molecule has 0 fully saturated rings. The number of hydrogen-bond donors (Lipinski definition) is 1. The van der Waals surface area contributed by atoms with Crippen molar-refractivity contribution in [2.45, 2.75) is 19.9 Å². The lowest BCUT2D eigenvalue weighted by molar-refractivity contribution is 0.470. The minimum Gasteiger partial charge on any atom is -0.455 e. The molecule has 1 N–H and O–H groups in total. The topological polar surface area (TPSA) is 21.3 Å². The molecule has 5 heteroatoms. The predicted octanol–water partition coefficient (Wildman–Crippen LogP) is 5.42. The number of ether oxygens (including phenoxy) is 1. The van der Waals surface area contributed by atoms with Crippen LogP contribution in [0.25, 0.3) is 0 Å². The van der Waals surface area contributed by atoms with Crippen LogP contribution in [-0.2, 0) is 6.54 Å². The zero-order valence-electron chi connectivity index (χ0n) is 11.6. The minimum atomic E-state index is -0.298. The van der Waals surface area contributed by atoms with Crippen molar-refractivity contribution in [1.29, 1.82) is 0 Å². The lowest BCUT2D eigenvalue weighted by atomic mass is 10.2. The highest BCUT2D eigenvalue weighted by Gasteiger charge is 2.09. The molecule has 2 aromatic rings. The highest BCUT2D eigenvalue weighted by Crippen LogP contribution is 2.33. The average molecular weight is 328 g/mol. The first-order valence-electron chi connectivity index (χ1n) is 6.72. The molecule has 0 spiro atoms. The van der Waals surface area contributed by atoms with Crippen LogP contribution in [0.3, 0.4) is 0 Å². The zero-order chi connectivity index (χ0) is 15.2. The lowest BCUT2D eigenvalue weighted by Gasteiger charge is -2.13. The Balaban J connectivity index is 2.24. The van der Waals surface area contributed by atoms with Crippen molar-refractivity contribution in [1.82, 2.24) is 5.32 Å². The van der Waals surface area contributed by atoms with Gasteiger partial charge in [0.15, 0.2) is 0 Å². The van der Waals surface area contributed by atoms with Crippen LogP contribution >= 0.6 is 23.2 Å². The Morgan fingerprint density at radius 3 is 2.67 bits per heavy atom.